The first-order valence-electron chi connectivity index (χ1n) is 10.3. The van der Waals surface area contributed by atoms with E-state index in [1.165, 1.54) is 0 Å². The van der Waals surface area contributed by atoms with Gasteiger partial charge >= 0.3 is 17.9 Å². The van der Waals surface area contributed by atoms with E-state index in [0.717, 1.165) is 16.7 Å². The molecule has 1 aromatic heterocycles. The van der Waals surface area contributed by atoms with Gasteiger partial charge in [-0.15, -0.1) is 11.3 Å². The Morgan fingerprint density at radius 2 is 1.52 bits per heavy atom. The second-order valence-corrected chi connectivity index (χ2v) is 7.87. The zero-order chi connectivity index (χ0) is 24.0. The van der Waals surface area contributed by atoms with Crippen LogP contribution in [-0.4, -0.2) is 43.6 Å². The number of carbonyl (C=O) groups excluding carboxylic acids is 4. The van der Waals surface area contributed by atoms with Crippen LogP contribution in [-0.2, 0) is 19.0 Å². The van der Waals surface area contributed by atoms with E-state index in [2.05, 4.69) is 5.32 Å². The average molecular weight is 470 g/mol. The lowest BCUT2D eigenvalue weighted by atomic mass is 10.1. The third kappa shape index (κ3) is 5.38. The third-order valence-corrected chi connectivity index (χ3v) is 5.87. The normalized spacial score (nSPS) is 10.5. The van der Waals surface area contributed by atoms with Crippen molar-refractivity contribution in [2.75, 3.05) is 25.1 Å². The maximum Gasteiger partial charge on any atom is 0.348 e. The number of fused-ring (bicyclic) bond motifs is 1. The van der Waals surface area contributed by atoms with Gasteiger partial charge in [-0.25, -0.2) is 14.4 Å². The van der Waals surface area contributed by atoms with Crippen LogP contribution in [0.5, 0.6) is 0 Å². The summed E-state index contributed by atoms with van der Waals surface area (Å²) in [6.45, 7) is 4.60. The van der Waals surface area contributed by atoms with Crippen LogP contribution in [0.3, 0.4) is 0 Å². The van der Waals surface area contributed by atoms with E-state index in [1.807, 2.05) is 24.3 Å². The maximum absolute atomic E-state index is 12.6. The zero-order valence-corrected chi connectivity index (χ0v) is 19.2. The Morgan fingerprint density at radius 3 is 2.24 bits per heavy atom. The predicted molar refractivity (Wildman–Crippen MR) is 124 cm³/mol. The average Bonchev–Trinajstić information content (AvgIpc) is 3.13. The highest BCUT2D eigenvalue weighted by Crippen LogP contribution is 2.34. The minimum atomic E-state index is -0.676. The van der Waals surface area contributed by atoms with E-state index in [1.54, 1.807) is 39.0 Å². The van der Waals surface area contributed by atoms with Crippen LogP contribution in [0.15, 0.2) is 42.5 Å². The largest absolute Gasteiger partial charge is 0.462 e. The summed E-state index contributed by atoms with van der Waals surface area (Å²) in [6, 6.07) is 12.6. The molecular formula is C24H23NO7S. The van der Waals surface area contributed by atoms with Crippen molar-refractivity contribution in [3.05, 3.63) is 64.0 Å². The maximum atomic E-state index is 12.6. The molecule has 3 rings (SSSR count). The first-order chi connectivity index (χ1) is 15.9. The van der Waals surface area contributed by atoms with Gasteiger partial charge in [0.05, 0.1) is 24.3 Å². The van der Waals surface area contributed by atoms with Crippen LogP contribution in [0.25, 0.3) is 10.8 Å². The monoisotopic (exact) mass is 469 g/mol. The van der Waals surface area contributed by atoms with Gasteiger partial charge in [-0.05, 0) is 43.2 Å². The van der Waals surface area contributed by atoms with Crippen molar-refractivity contribution < 1.29 is 33.4 Å². The summed E-state index contributed by atoms with van der Waals surface area (Å²) in [5.74, 6) is -2.59. The van der Waals surface area contributed by atoms with Gasteiger partial charge in [0.1, 0.15) is 9.88 Å². The molecular weight excluding hydrogens is 446 g/mol. The molecule has 0 aliphatic carbocycles. The summed E-state index contributed by atoms with van der Waals surface area (Å²) < 4.78 is 15.3. The second-order valence-electron chi connectivity index (χ2n) is 6.85. The number of esters is 3. The molecule has 0 radical (unpaired) electrons. The summed E-state index contributed by atoms with van der Waals surface area (Å²) in [5.41, 5.74) is 0.753. The molecule has 1 heterocycles. The Labute approximate surface area is 194 Å². The van der Waals surface area contributed by atoms with Gasteiger partial charge in [0.15, 0.2) is 6.61 Å². The molecule has 172 valence electrons. The second kappa shape index (κ2) is 10.7. The van der Waals surface area contributed by atoms with E-state index >= 15 is 0 Å². The standard InChI is InChI=1S/C24H23NO7S/c1-4-30-23(28)19-14(3)20(24(29)31-5-2)33-21(19)25-18(26)13-32-22(27)17-12-8-10-15-9-6-7-11-16(15)17/h6-12H,4-5,13H2,1-3H3,(H,25,26). The lowest BCUT2D eigenvalue weighted by Crippen LogP contribution is -2.22. The first kappa shape index (κ1) is 23.9. The first-order valence-corrected chi connectivity index (χ1v) is 11.1. The van der Waals surface area contributed by atoms with Gasteiger partial charge in [-0.1, -0.05) is 36.4 Å². The fourth-order valence-electron chi connectivity index (χ4n) is 3.22. The van der Waals surface area contributed by atoms with Crippen molar-refractivity contribution in [2.24, 2.45) is 0 Å². The number of ether oxygens (including phenoxy) is 3. The number of thiophene rings is 1. The highest BCUT2D eigenvalue weighted by Gasteiger charge is 2.27. The van der Waals surface area contributed by atoms with E-state index < -0.39 is 30.4 Å². The topological polar surface area (TPSA) is 108 Å². The molecule has 0 bridgehead atoms. The Bertz CT molecular complexity index is 1210. The van der Waals surface area contributed by atoms with Crippen molar-refractivity contribution in [1.29, 1.82) is 0 Å². The van der Waals surface area contributed by atoms with E-state index in [0.29, 0.717) is 16.5 Å². The van der Waals surface area contributed by atoms with Crippen molar-refractivity contribution in [1.82, 2.24) is 0 Å². The lowest BCUT2D eigenvalue weighted by molar-refractivity contribution is -0.119. The van der Waals surface area contributed by atoms with Gasteiger partial charge in [-0.3, -0.25) is 4.79 Å². The quantitative estimate of drug-likeness (QED) is 0.386. The van der Waals surface area contributed by atoms with Crippen LogP contribution in [0, 0.1) is 6.92 Å². The molecule has 0 aliphatic rings. The molecule has 0 saturated heterocycles. The van der Waals surface area contributed by atoms with Gasteiger partial charge in [-0.2, -0.15) is 0 Å². The Morgan fingerprint density at radius 1 is 0.848 bits per heavy atom. The highest BCUT2D eigenvalue weighted by molar-refractivity contribution is 7.18. The fraction of sp³-hybridized carbons (Fsp3) is 0.250. The van der Waals surface area contributed by atoms with Crippen molar-refractivity contribution in [3.8, 4) is 0 Å². The van der Waals surface area contributed by atoms with Crippen LogP contribution in [0.4, 0.5) is 5.00 Å². The number of nitrogens with one attached hydrogen (secondary N) is 1. The Balaban J connectivity index is 1.76. The predicted octanol–water partition coefficient (Wildman–Crippen LogP) is 4.36. The van der Waals surface area contributed by atoms with Gasteiger partial charge in [0.2, 0.25) is 0 Å². The summed E-state index contributed by atoms with van der Waals surface area (Å²) >= 11 is 0.901. The van der Waals surface area contributed by atoms with Crippen LogP contribution in [0.2, 0.25) is 0 Å². The van der Waals surface area contributed by atoms with Gasteiger partial charge in [0, 0.05) is 0 Å². The smallest absolute Gasteiger partial charge is 0.348 e. The Kier molecular flexibility index (Phi) is 7.78. The molecule has 1 N–H and O–H groups in total. The molecule has 0 fully saturated rings. The summed E-state index contributed by atoms with van der Waals surface area (Å²) in [5, 5.41) is 4.25. The minimum absolute atomic E-state index is 0.0682. The minimum Gasteiger partial charge on any atom is -0.462 e. The van der Waals surface area contributed by atoms with Crippen molar-refractivity contribution in [3.63, 3.8) is 0 Å². The summed E-state index contributed by atoms with van der Waals surface area (Å²) in [4.78, 5) is 49.9. The molecule has 0 saturated carbocycles. The molecule has 0 spiro atoms. The van der Waals surface area contributed by atoms with Crippen LogP contribution < -0.4 is 5.32 Å². The van der Waals surface area contributed by atoms with Crippen LogP contribution in [0.1, 0.15) is 49.8 Å². The lowest BCUT2D eigenvalue weighted by Gasteiger charge is -2.09. The molecule has 0 unspecified atom stereocenters. The van der Waals surface area contributed by atoms with Crippen molar-refractivity contribution >= 4 is 50.9 Å². The van der Waals surface area contributed by atoms with E-state index in [9.17, 15) is 19.2 Å². The molecule has 3 aromatic rings. The molecule has 9 heteroatoms. The van der Waals surface area contributed by atoms with Gasteiger partial charge < -0.3 is 19.5 Å². The number of benzene rings is 2. The molecule has 0 atom stereocenters. The molecule has 2 aromatic carbocycles. The van der Waals surface area contributed by atoms with E-state index in [-0.39, 0.29) is 28.7 Å². The molecule has 8 nitrogen and oxygen atoms in total. The molecule has 0 aliphatic heterocycles. The third-order valence-electron chi connectivity index (χ3n) is 4.68. The van der Waals surface area contributed by atoms with Crippen molar-refractivity contribution in [2.45, 2.75) is 20.8 Å². The number of hydrogen-bond donors (Lipinski definition) is 1. The molecule has 1 amide bonds. The SMILES string of the molecule is CCOC(=O)c1sc(NC(=O)COC(=O)c2cccc3ccccc23)c(C(=O)OCC)c1C. The Hall–Kier alpha value is -3.72. The number of rotatable bonds is 8. The number of hydrogen-bond acceptors (Lipinski definition) is 8. The number of anilines is 1. The number of amides is 1. The van der Waals surface area contributed by atoms with Gasteiger partial charge in [0.25, 0.3) is 5.91 Å². The van der Waals surface area contributed by atoms with E-state index in [4.69, 9.17) is 14.2 Å². The number of carbonyl (C=O) groups is 4. The molecule has 33 heavy (non-hydrogen) atoms. The summed E-state index contributed by atoms with van der Waals surface area (Å²) in [7, 11) is 0. The fourth-order valence-corrected chi connectivity index (χ4v) is 4.32. The van der Waals surface area contributed by atoms with Crippen LogP contribution >= 0.6 is 11.3 Å². The summed E-state index contributed by atoms with van der Waals surface area (Å²) in [6.07, 6.45) is 0. The zero-order valence-electron chi connectivity index (χ0n) is 18.4. The highest BCUT2D eigenvalue weighted by atomic mass is 32.1.